The van der Waals surface area contributed by atoms with Crippen molar-refractivity contribution in [3.05, 3.63) is 35.4 Å². The van der Waals surface area contributed by atoms with Crippen molar-refractivity contribution < 1.29 is 14.6 Å². The third-order valence-corrected chi connectivity index (χ3v) is 2.15. The lowest BCUT2D eigenvalue weighted by Gasteiger charge is -2.11. The molecule has 17 heavy (non-hydrogen) atoms. The van der Waals surface area contributed by atoms with Gasteiger partial charge in [-0.05, 0) is 12.1 Å². The van der Waals surface area contributed by atoms with E-state index >= 15 is 0 Å². The Bertz CT molecular complexity index is 426. The Morgan fingerprint density at radius 2 is 2.29 bits per heavy atom. The second-order valence-electron chi connectivity index (χ2n) is 3.48. The Morgan fingerprint density at radius 3 is 2.94 bits per heavy atom. The number of nitrogens with one attached hydrogen (secondary N) is 1. The van der Waals surface area contributed by atoms with Gasteiger partial charge in [-0.25, -0.2) is 0 Å². The van der Waals surface area contributed by atoms with Crippen molar-refractivity contribution in [1.82, 2.24) is 5.32 Å². The number of aliphatic hydroxyl groups excluding tert-OH is 1. The van der Waals surface area contributed by atoms with Crippen LogP contribution in [0.15, 0.2) is 24.3 Å². The average molecular weight is 234 g/mol. The molecule has 0 spiro atoms. The van der Waals surface area contributed by atoms with Crippen LogP contribution in [0, 0.1) is 11.3 Å². The lowest BCUT2D eigenvalue weighted by molar-refractivity contribution is 0.0609. The van der Waals surface area contributed by atoms with Gasteiger partial charge >= 0.3 is 0 Å². The van der Waals surface area contributed by atoms with Crippen LogP contribution in [-0.4, -0.2) is 37.4 Å². The van der Waals surface area contributed by atoms with E-state index < -0.39 is 6.10 Å². The summed E-state index contributed by atoms with van der Waals surface area (Å²) in [6, 6.07) is 8.45. The molecule has 0 aliphatic carbocycles. The molecule has 0 heterocycles. The number of aliphatic hydroxyl groups is 1. The highest BCUT2D eigenvalue weighted by Crippen LogP contribution is 2.06. The molecule has 0 saturated heterocycles. The molecule has 0 aromatic heterocycles. The van der Waals surface area contributed by atoms with Gasteiger partial charge < -0.3 is 15.2 Å². The summed E-state index contributed by atoms with van der Waals surface area (Å²) < 4.78 is 4.73. The summed E-state index contributed by atoms with van der Waals surface area (Å²) in [4.78, 5) is 11.7. The quantitative estimate of drug-likeness (QED) is 0.767. The molecule has 0 aliphatic rings. The first kappa shape index (κ1) is 13.2. The van der Waals surface area contributed by atoms with Gasteiger partial charge in [-0.1, -0.05) is 12.1 Å². The van der Waals surface area contributed by atoms with Crippen LogP contribution >= 0.6 is 0 Å². The molecule has 1 aromatic rings. The minimum atomic E-state index is -0.752. The molecule has 1 amide bonds. The van der Waals surface area contributed by atoms with Crippen LogP contribution in [0.5, 0.6) is 0 Å². The topological polar surface area (TPSA) is 82.3 Å². The van der Waals surface area contributed by atoms with Crippen molar-refractivity contribution in [3.8, 4) is 6.07 Å². The summed E-state index contributed by atoms with van der Waals surface area (Å²) in [5, 5.41) is 20.7. The number of amides is 1. The SMILES string of the molecule is COCC(O)CNC(=O)c1ccccc1C#N. The number of ether oxygens (including phenoxy) is 1. The van der Waals surface area contributed by atoms with Gasteiger partial charge in [0.25, 0.3) is 5.91 Å². The van der Waals surface area contributed by atoms with E-state index in [9.17, 15) is 9.90 Å². The van der Waals surface area contributed by atoms with E-state index in [1.165, 1.54) is 7.11 Å². The molecule has 0 bridgehead atoms. The maximum atomic E-state index is 11.7. The van der Waals surface area contributed by atoms with Gasteiger partial charge in [-0.3, -0.25) is 4.79 Å². The molecule has 2 N–H and O–H groups in total. The largest absolute Gasteiger partial charge is 0.389 e. The number of hydrogen-bond donors (Lipinski definition) is 2. The smallest absolute Gasteiger partial charge is 0.252 e. The van der Waals surface area contributed by atoms with Crippen LogP contribution < -0.4 is 5.32 Å². The van der Waals surface area contributed by atoms with Crippen molar-refractivity contribution in [2.75, 3.05) is 20.3 Å². The number of hydrogen-bond acceptors (Lipinski definition) is 4. The zero-order valence-electron chi connectivity index (χ0n) is 9.51. The van der Waals surface area contributed by atoms with Crippen LogP contribution in [0.4, 0.5) is 0 Å². The van der Waals surface area contributed by atoms with E-state index in [0.717, 1.165) is 0 Å². The molecule has 5 nitrogen and oxygen atoms in total. The number of nitrogens with zero attached hydrogens (tertiary/aromatic N) is 1. The minimum Gasteiger partial charge on any atom is -0.389 e. The highest BCUT2D eigenvalue weighted by Gasteiger charge is 2.11. The normalized spacial score (nSPS) is 11.6. The monoisotopic (exact) mass is 234 g/mol. The lowest BCUT2D eigenvalue weighted by Crippen LogP contribution is -2.34. The highest BCUT2D eigenvalue weighted by atomic mass is 16.5. The highest BCUT2D eigenvalue weighted by molar-refractivity contribution is 5.96. The maximum Gasteiger partial charge on any atom is 0.252 e. The second-order valence-corrected chi connectivity index (χ2v) is 3.48. The van der Waals surface area contributed by atoms with E-state index in [-0.39, 0.29) is 19.1 Å². The first-order chi connectivity index (χ1) is 8.19. The molecule has 1 unspecified atom stereocenters. The van der Waals surface area contributed by atoms with E-state index in [1.54, 1.807) is 24.3 Å². The number of carbonyl (C=O) groups is 1. The summed E-state index contributed by atoms with van der Waals surface area (Å²) in [5.74, 6) is -0.377. The van der Waals surface area contributed by atoms with Crippen LogP contribution in [0.3, 0.4) is 0 Å². The Hall–Kier alpha value is -1.90. The minimum absolute atomic E-state index is 0.0897. The molecule has 1 aromatic carbocycles. The number of methoxy groups -OCH3 is 1. The standard InChI is InChI=1S/C12H14N2O3/c1-17-8-10(15)7-14-12(16)11-5-3-2-4-9(11)6-13/h2-5,10,15H,7-8H2,1H3,(H,14,16). The summed E-state index contributed by atoms with van der Waals surface area (Å²) in [7, 11) is 1.47. The van der Waals surface area contributed by atoms with Gasteiger partial charge in [-0.15, -0.1) is 0 Å². The second kappa shape index (κ2) is 6.63. The Balaban J connectivity index is 2.62. The van der Waals surface area contributed by atoms with E-state index in [0.29, 0.717) is 11.1 Å². The first-order valence-corrected chi connectivity index (χ1v) is 5.13. The Morgan fingerprint density at radius 1 is 1.59 bits per heavy atom. The van der Waals surface area contributed by atoms with Gasteiger partial charge in [-0.2, -0.15) is 5.26 Å². The lowest BCUT2D eigenvalue weighted by atomic mass is 10.1. The molecule has 0 fully saturated rings. The molecule has 1 rings (SSSR count). The average Bonchev–Trinajstić information content (AvgIpc) is 2.36. The molecule has 0 radical (unpaired) electrons. The fourth-order valence-electron chi connectivity index (χ4n) is 1.34. The van der Waals surface area contributed by atoms with E-state index in [1.807, 2.05) is 6.07 Å². The number of rotatable bonds is 5. The molecular formula is C12H14N2O3. The summed E-state index contributed by atoms with van der Waals surface area (Å²) in [6.07, 6.45) is -0.752. The van der Waals surface area contributed by atoms with Gasteiger partial charge in [0.15, 0.2) is 0 Å². The van der Waals surface area contributed by atoms with Crippen LogP contribution in [0.25, 0.3) is 0 Å². The van der Waals surface area contributed by atoms with Crippen molar-refractivity contribution >= 4 is 5.91 Å². The summed E-state index contributed by atoms with van der Waals surface area (Å²) in [6.45, 7) is 0.243. The molecule has 1 atom stereocenters. The molecule has 5 heteroatoms. The molecule has 90 valence electrons. The summed E-state index contributed by atoms with van der Waals surface area (Å²) >= 11 is 0. The molecule has 0 aliphatic heterocycles. The van der Waals surface area contributed by atoms with E-state index in [2.05, 4.69) is 5.32 Å². The number of nitriles is 1. The van der Waals surface area contributed by atoms with Gasteiger partial charge in [0.05, 0.1) is 29.9 Å². The van der Waals surface area contributed by atoms with Crippen molar-refractivity contribution in [3.63, 3.8) is 0 Å². The number of carbonyl (C=O) groups excluding carboxylic acids is 1. The predicted molar refractivity (Wildman–Crippen MR) is 61.4 cm³/mol. The van der Waals surface area contributed by atoms with Crippen LogP contribution in [0.1, 0.15) is 15.9 Å². The summed E-state index contributed by atoms with van der Waals surface area (Å²) in [5.41, 5.74) is 0.617. The first-order valence-electron chi connectivity index (χ1n) is 5.13. The van der Waals surface area contributed by atoms with Crippen molar-refractivity contribution in [2.45, 2.75) is 6.10 Å². The predicted octanol–water partition coefficient (Wildman–Crippen LogP) is 0.295. The van der Waals surface area contributed by atoms with Crippen molar-refractivity contribution in [1.29, 1.82) is 5.26 Å². The number of benzene rings is 1. The Kier molecular flexibility index (Phi) is 5.14. The zero-order chi connectivity index (χ0) is 12.7. The van der Waals surface area contributed by atoms with Gasteiger partial charge in [0, 0.05) is 13.7 Å². The molecule has 0 saturated carbocycles. The van der Waals surface area contributed by atoms with Gasteiger partial charge in [0.2, 0.25) is 0 Å². The van der Waals surface area contributed by atoms with Crippen LogP contribution in [0.2, 0.25) is 0 Å². The van der Waals surface area contributed by atoms with Crippen molar-refractivity contribution in [2.24, 2.45) is 0 Å². The third-order valence-electron chi connectivity index (χ3n) is 2.15. The maximum absolute atomic E-state index is 11.7. The Labute approximate surface area is 99.6 Å². The fraction of sp³-hybridized carbons (Fsp3) is 0.333. The van der Waals surface area contributed by atoms with Crippen LogP contribution in [-0.2, 0) is 4.74 Å². The van der Waals surface area contributed by atoms with Gasteiger partial charge in [0.1, 0.15) is 0 Å². The van der Waals surface area contributed by atoms with E-state index in [4.69, 9.17) is 10.00 Å². The zero-order valence-corrected chi connectivity index (χ0v) is 9.51. The fourth-order valence-corrected chi connectivity index (χ4v) is 1.34. The third kappa shape index (κ3) is 3.87. The molecular weight excluding hydrogens is 220 g/mol.